The zero-order chi connectivity index (χ0) is 18.7. The summed E-state index contributed by atoms with van der Waals surface area (Å²) >= 11 is 0. The topological polar surface area (TPSA) is 54.2 Å². The summed E-state index contributed by atoms with van der Waals surface area (Å²) in [5.41, 5.74) is 2.88. The number of rotatable bonds is 8. The Hall–Kier alpha value is -1.83. The van der Waals surface area contributed by atoms with Crippen LogP contribution in [0.2, 0.25) is 0 Å². The molecule has 0 bridgehead atoms. The van der Waals surface area contributed by atoms with Gasteiger partial charge in [0.05, 0.1) is 0 Å². The van der Waals surface area contributed by atoms with Crippen LogP contribution in [-0.2, 0) is 13.0 Å². The van der Waals surface area contributed by atoms with Crippen molar-refractivity contribution in [2.45, 2.75) is 45.1 Å². The zero-order valence-corrected chi connectivity index (χ0v) is 19.1. The van der Waals surface area contributed by atoms with E-state index in [1.54, 1.807) is 5.57 Å². The number of hydrogen-bond acceptors (Lipinski definition) is 2. The molecule has 6 heteroatoms. The number of benzene rings is 1. The molecule has 0 unspecified atom stereocenters. The Balaban J connectivity index is 0.00000280. The fraction of sp³-hybridized carbons (Fsp3) is 0.455. The Kier molecular flexibility index (Phi) is 10.1. The van der Waals surface area contributed by atoms with Gasteiger partial charge in [0, 0.05) is 45.5 Å². The van der Waals surface area contributed by atoms with Crippen molar-refractivity contribution < 1.29 is 0 Å². The fourth-order valence-corrected chi connectivity index (χ4v) is 3.48. The van der Waals surface area contributed by atoms with Gasteiger partial charge in [0.1, 0.15) is 5.82 Å². The van der Waals surface area contributed by atoms with Crippen LogP contribution in [0.1, 0.15) is 43.5 Å². The number of guanidine groups is 1. The van der Waals surface area contributed by atoms with Gasteiger partial charge in [0.2, 0.25) is 0 Å². The number of hydrogen-bond donors (Lipinski definition) is 2. The lowest BCUT2D eigenvalue weighted by molar-refractivity contribution is 0.662. The smallest absolute Gasteiger partial charge is 0.191 e. The number of nitrogens with zero attached hydrogens (tertiary/aromatic N) is 3. The van der Waals surface area contributed by atoms with Crippen LogP contribution in [0.4, 0.5) is 0 Å². The molecular weight excluding hydrogens is 461 g/mol. The van der Waals surface area contributed by atoms with Gasteiger partial charge in [-0.1, -0.05) is 42.0 Å². The largest absolute Gasteiger partial charge is 0.356 e. The van der Waals surface area contributed by atoms with Gasteiger partial charge < -0.3 is 15.2 Å². The minimum atomic E-state index is 0. The number of allylic oxidation sites excluding steroid dienone is 1. The number of aliphatic imine (C=N–C) groups is 1. The number of halogens is 1. The Labute approximate surface area is 185 Å². The van der Waals surface area contributed by atoms with Crippen molar-refractivity contribution in [1.29, 1.82) is 0 Å². The maximum atomic E-state index is 4.51. The zero-order valence-electron chi connectivity index (χ0n) is 16.7. The molecule has 3 rings (SSSR count). The molecule has 5 nitrogen and oxygen atoms in total. The molecule has 152 valence electrons. The van der Waals surface area contributed by atoms with Crippen LogP contribution in [-0.4, -0.2) is 35.6 Å². The molecule has 28 heavy (non-hydrogen) atoms. The predicted molar refractivity (Wildman–Crippen MR) is 127 cm³/mol. The van der Waals surface area contributed by atoms with Gasteiger partial charge in [0.25, 0.3) is 0 Å². The lowest BCUT2D eigenvalue weighted by Crippen LogP contribution is -2.39. The van der Waals surface area contributed by atoms with Crippen molar-refractivity contribution in [1.82, 2.24) is 20.2 Å². The summed E-state index contributed by atoms with van der Waals surface area (Å²) in [6.45, 7) is 2.61. The Morgan fingerprint density at radius 1 is 1.11 bits per heavy atom. The summed E-state index contributed by atoms with van der Waals surface area (Å²) in [6.07, 6.45) is 13.5. The quantitative estimate of drug-likeness (QED) is 0.252. The lowest BCUT2D eigenvalue weighted by atomic mass is 9.97. The first-order valence-corrected chi connectivity index (χ1v) is 10.0. The molecule has 0 spiro atoms. The first kappa shape index (κ1) is 22.5. The third-order valence-electron chi connectivity index (χ3n) is 4.99. The fourth-order valence-electron chi connectivity index (χ4n) is 3.48. The Morgan fingerprint density at radius 3 is 2.61 bits per heavy atom. The molecule has 2 N–H and O–H groups in total. The second-order valence-electron chi connectivity index (χ2n) is 6.99. The van der Waals surface area contributed by atoms with E-state index in [4.69, 9.17) is 0 Å². The van der Waals surface area contributed by atoms with Crippen LogP contribution < -0.4 is 10.6 Å². The van der Waals surface area contributed by atoms with Crippen LogP contribution in [0.3, 0.4) is 0 Å². The van der Waals surface area contributed by atoms with E-state index in [9.17, 15) is 0 Å². The predicted octanol–water partition coefficient (Wildman–Crippen LogP) is 4.15. The van der Waals surface area contributed by atoms with Gasteiger partial charge in [-0.3, -0.25) is 4.99 Å². The van der Waals surface area contributed by atoms with Gasteiger partial charge in [-0.2, -0.15) is 0 Å². The average Bonchev–Trinajstić information content (AvgIpc) is 3.15. The third kappa shape index (κ3) is 7.30. The molecule has 0 saturated carbocycles. The lowest BCUT2D eigenvalue weighted by Gasteiger charge is -2.15. The molecular formula is C22H32IN5. The summed E-state index contributed by atoms with van der Waals surface area (Å²) < 4.78 is 2.21. The molecule has 1 aliphatic carbocycles. The van der Waals surface area contributed by atoms with Crippen molar-refractivity contribution in [3.8, 4) is 0 Å². The number of imidazole rings is 1. The second kappa shape index (κ2) is 12.6. The molecule has 0 radical (unpaired) electrons. The molecule has 0 atom stereocenters. The van der Waals surface area contributed by atoms with Crippen LogP contribution in [0.25, 0.3) is 0 Å². The van der Waals surface area contributed by atoms with Crippen molar-refractivity contribution >= 4 is 29.9 Å². The monoisotopic (exact) mass is 493 g/mol. The highest BCUT2D eigenvalue weighted by Crippen LogP contribution is 2.19. The van der Waals surface area contributed by atoms with Gasteiger partial charge in [-0.25, -0.2) is 4.98 Å². The standard InChI is InChI=1S/C22H31N5.HI/c1-23-22(25-14-12-19-8-4-2-5-9-19)26-15-13-21-24-16-17-27(21)18-20-10-6-3-7-11-20;/h3,6-8,10-11,16-17H,2,4-5,9,12-15,18H2,1H3,(H2,23,25,26);1H. The summed E-state index contributed by atoms with van der Waals surface area (Å²) in [4.78, 5) is 8.84. The molecule has 0 aliphatic heterocycles. The molecule has 0 amide bonds. The molecule has 1 aromatic heterocycles. The molecule has 2 aromatic rings. The third-order valence-corrected chi connectivity index (χ3v) is 4.99. The first-order valence-electron chi connectivity index (χ1n) is 10.0. The van der Waals surface area contributed by atoms with Gasteiger partial charge in [0.15, 0.2) is 5.96 Å². The maximum absolute atomic E-state index is 4.51. The van der Waals surface area contributed by atoms with E-state index in [2.05, 4.69) is 55.5 Å². The molecule has 1 aliphatic rings. The highest BCUT2D eigenvalue weighted by molar-refractivity contribution is 14.0. The average molecular weight is 493 g/mol. The molecule has 0 saturated heterocycles. The van der Waals surface area contributed by atoms with Crippen molar-refractivity contribution in [3.63, 3.8) is 0 Å². The number of nitrogens with one attached hydrogen (secondary N) is 2. The summed E-state index contributed by atoms with van der Waals surface area (Å²) in [5, 5.41) is 6.82. The minimum absolute atomic E-state index is 0. The van der Waals surface area contributed by atoms with Crippen LogP contribution in [0.5, 0.6) is 0 Å². The molecule has 0 fully saturated rings. The SMILES string of the molecule is CN=C(NCCC1=CCCCC1)NCCc1nccn1Cc1ccccc1.I. The van der Waals surface area contributed by atoms with E-state index in [0.29, 0.717) is 0 Å². The highest BCUT2D eigenvalue weighted by atomic mass is 127. The van der Waals surface area contributed by atoms with E-state index in [-0.39, 0.29) is 24.0 Å². The van der Waals surface area contributed by atoms with Crippen LogP contribution >= 0.6 is 24.0 Å². The van der Waals surface area contributed by atoms with E-state index >= 15 is 0 Å². The van der Waals surface area contributed by atoms with E-state index in [1.807, 2.05) is 25.5 Å². The summed E-state index contributed by atoms with van der Waals surface area (Å²) in [7, 11) is 1.82. The van der Waals surface area contributed by atoms with Crippen LogP contribution in [0.15, 0.2) is 59.4 Å². The normalized spacial score (nSPS) is 14.2. The molecule has 1 heterocycles. The van der Waals surface area contributed by atoms with E-state index in [0.717, 1.165) is 44.3 Å². The molecule has 1 aromatic carbocycles. The highest BCUT2D eigenvalue weighted by Gasteiger charge is 2.06. The van der Waals surface area contributed by atoms with Crippen molar-refractivity contribution in [3.05, 3.63) is 65.8 Å². The maximum Gasteiger partial charge on any atom is 0.191 e. The summed E-state index contributed by atoms with van der Waals surface area (Å²) in [6, 6.07) is 10.5. The summed E-state index contributed by atoms with van der Waals surface area (Å²) in [5.74, 6) is 1.96. The number of aromatic nitrogens is 2. The second-order valence-corrected chi connectivity index (χ2v) is 6.99. The van der Waals surface area contributed by atoms with Crippen molar-refractivity contribution in [2.75, 3.05) is 20.1 Å². The van der Waals surface area contributed by atoms with Gasteiger partial charge in [-0.15, -0.1) is 24.0 Å². The Bertz CT molecular complexity index is 751. The van der Waals surface area contributed by atoms with E-state index < -0.39 is 0 Å². The van der Waals surface area contributed by atoms with E-state index in [1.165, 1.54) is 31.2 Å². The van der Waals surface area contributed by atoms with Gasteiger partial charge in [-0.05, 0) is 37.7 Å². The first-order chi connectivity index (χ1) is 13.3. The Morgan fingerprint density at radius 2 is 1.89 bits per heavy atom. The van der Waals surface area contributed by atoms with Crippen molar-refractivity contribution in [2.24, 2.45) is 4.99 Å². The van der Waals surface area contributed by atoms with Gasteiger partial charge >= 0.3 is 0 Å². The van der Waals surface area contributed by atoms with Crippen LogP contribution in [0, 0.1) is 0 Å². The minimum Gasteiger partial charge on any atom is -0.356 e.